The predicted molar refractivity (Wildman–Crippen MR) is 105 cm³/mol. The van der Waals surface area contributed by atoms with Crippen LogP contribution < -0.4 is 11.1 Å². The Labute approximate surface area is 169 Å². The molecule has 0 aliphatic carbocycles. The molecule has 2 unspecified atom stereocenters. The Morgan fingerprint density at radius 1 is 1.32 bits per heavy atom. The van der Waals surface area contributed by atoms with E-state index in [2.05, 4.69) is 5.32 Å². The summed E-state index contributed by atoms with van der Waals surface area (Å²) in [7, 11) is 1.26. The van der Waals surface area contributed by atoms with E-state index in [0.717, 1.165) is 0 Å². The third-order valence-corrected chi connectivity index (χ3v) is 4.69. The molecule has 0 amide bonds. The molecule has 0 saturated heterocycles. The maximum Gasteiger partial charge on any atom is 0.336 e. The zero-order valence-electron chi connectivity index (χ0n) is 16.2. The standard InChI is InChI=1S/C20H25ClN2O5/c1-4-28-20(25)18(15-11-27-10-9-23-15)17(13-7-5-6-8-14(13)21)16(12(2)22)19(24)26-3/h5-8,11,17-18,23H,4,9-10,22H2,1-3H3/b16-12+. The molecule has 0 spiro atoms. The van der Waals surface area contributed by atoms with E-state index in [1.807, 2.05) is 0 Å². The number of esters is 2. The topological polar surface area (TPSA) is 99.9 Å². The van der Waals surface area contributed by atoms with Crippen LogP contribution in [0.1, 0.15) is 25.3 Å². The number of allylic oxidation sites excluding steroid dienone is 1. The lowest BCUT2D eigenvalue weighted by Gasteiger charge is -2.31. The summed E-state index contributed by atoms with van der Waals surface area (Å²) in [5, 5.41) is 3.55. The Kier molecular flexibility index (Phi) is 7.75. The molecule has 1 aliphatic rings. The maximum atomic E-state index is 13.0. The van der Waals surface area contributed by atoms with Gasteiger partial charge in [-0.1, -0.05) is 29.8 Å². The fourth-order valence-electron chi connectivity index (χ4n) is 3.17. The van der Waals surface area contributed by atoms with Crippen LogP contribution in [0, 0.1) is 5.92 Å². The van der Waals surface area contributed by atoms with Gasteiger partial charge in [0.15, 0.2) is 0 Å². The van der Waals surface area contributed by atoms with Crippen molar-refractivity contribution in [2.75, 3.05) is 26.9 Å². The molecule has 7 nitrogen and oxygen atoms in total. The van der Waals surface area contributed by atoms with Crippen molar-refractivity contribution in [2.24, 2.45) is 11.7 Å². The third kappa shape index (κ3) is 4.78. The molecule has 1 heterocycles. The van der Waals surface area contributed by atoms with Gasteiger partial charge in [0.2, 0.25) is 0 Å². The zero-order chi connectivity index (χ0) is 20.7. The Bertz CT molecular complexity index is 787. The first kappa shape index (κ1) is 21.6. The van der Waals surface area contributed by atoms with Crippen LogP contribution in [-0.4, -0.2) is 38.8 Å². The van der Waals surface area contributed by atoms with Crippen molar-refractivity contribution < 1.29 is 23.8 Å². The van der Waals surface area contributed by atoms with Crippen LogP contribution in [0.25, 0.3) is 0 Å². The Morgan fingerprint density at radius 2 is 2.04 bits per heavy atom. The van der Waals surface area contributed by atoms with Gasteiger partial charge in [-0.15, -0.1) is 0 Å². The Balaban J connectivity index is 2.73. The van der Waals surface area contributed by atoms with E-state index in [1.54, 1.807) is 38.1 Å². The second kappa shape index (κ2) is 10.0. The molecule has 2 atom stereocenters. The van der Waals surface area contributed by atoms with E-state index in [-0.39, 0.29) is 17.9 Å². The minimum absolute atomic E-state index is 0.141. The molecule has 3 N–H and O–H groups in total. The molecule has 28 heavy (non-hydrogen) atoms. The van der Waals surface area contributed by atoms with E-state index in [0.29, 0.717) is 29.4 Å². The number of methoxy groups -OCH3 is 1. The highest BCUT2D eigenvalue weighted by molar-refractivity contribution is 6.31. The number of nitrogens with two attached hydrogens (primary N) is 1. The van der Waals surface area contributed by atoms with Crippen LogP contribution in [-0.2, 0) is 23.8 Å². The molecule has 0 bridgehead atoms. The van der Waals surface area contributed by atoms with Gasteiger partial charge in [0, 0.05) is 23.2 Å². The SMILES string of the molecule is CCOC(=O)C(C1=COCCN1)C(/C(C(=O)OC)=C(/C)N)c1ccccc1Cl. The monoisotopic (exact) mass is 408 g/mol. The number of hydrogen-bond donors (Lipinski definition) is 2. The van der Waals surface area contributed by atoms with E-state index >= 15 is 0 Å². The summed E-state index contributed by atoms with van der Waals surface area (Å²) < 4.78 is 15.7. The lowest BCUT2D eigenvalue weighted by atomic mass is 9.77. The summed E-state index contributed by atoms with van der Waals surface area (Å²) in [5.74, 6) is -2.92. The summed E-state index contributed by atoms with van der Waals surface area (Å²) in [4.78, 5) is 25.6. The first-order chi connectivity index (χ1) is 13.4. The first-order valence-corrected chi connectivity index (χ1v) is 9.31. The summed E-state index contributed by atoms with van der Waals surface area (Å²) >= 11 is 6.44. The van der Waals surface area contributed by atoms with Crippen molar-refractivity contribution in [2.45, 2.75) is 19.8 Å². The van der Waals surface area contributed by atoms with Crippen LogP contribution in [0.15, 0.2) is 47.5 Å². The Morgan fingerprint density at radius 3 is 2.57 bits per heavy atom. The predicted octanol–water partition coefficient (Wildman–Crippen LogP) is 2.47. The zero-order valence-corrected chi connectivity index (χ0v) is 16.9. The second-order valence-electron chi connectivity index (χ2n) is 6.19. The van der Waals surface area contributed by atoms with Crippen molar-refractivity contribution in [1.82, 2.24) is 5.32 Å². The van der Waals surface area contributed by atoms with Crippen molar-refractivity contribution in [3.05, 3.63) is 58.1 Å². The Hall–Kier alpha value is -2.67. The normalized spacial score (nSPS) is 16.5. The molecule has 0 radical (unpaired) electrons. The van der Waals surface area contributed by atoms with Crippen LogP contribution in [0.3, 0.4) is 0 Å². The number of nitrogens with one attached hydrogen (secondary N) is 1. The molecule has 2 rings (SSSR count). The van der Waals surface area contributed by atoms with E-state index in [9.17, 15) is 9.59 Å². The molecule has 0 fully saturated rings. The van der Waals surface area contributed by atoms with Gasteiger partial charge >= 0.3 is 11.9 Å². The summed E-state index contributed by atoms with van der Waals surface area (Å²) in [6.45, 7) is 4.44. The molecule has 1 aromatic rings. The second-order valence-corrected chi connectivity index (χ2v) is 6.60. The fourth-order valence-corrected chi connectivity index (χ4v) is 3.43. The minimum Gasteiger partial charge on any atom is -0.498 e. The molecule has 8 heteroatoms. The summed E-state index contributed by atoms with van der Waals surface area (Å²) in [5.41, 5.74) is 7.46. The van der Waals surface area contributed by atoms with Crippen LogP contribution in [0.4, 0.5) is 0 Å². The van der Waals surface area contributed by atoms with Gasteiger partial charge in [-0.25, -0.2) is 4.79 Å². The van der Waals surface area contributed by atoms with Gasteiger partial charge in [0.25, 0.3) is 0 Å². The van der Waals surface area contributed by atoms with Crippen LogP contribution >= 0.6 is 11.6 Å². The van der Waals surface area contributed by atoms with Crippen molar-refractivity contribution in [3.63, 3.8) is 0 Å². The summed E-state index contributed by atoms with van der Waals surface area (Å²) in [6.07, 6.45) is 1.47. The highest BCUT2D eigenvalue weighted by atomic mass is 35.5. The van der Waals surface area contributed by atoms with Gasteiger partial charge in [-0.2, -0.15) is 0 Å². The van der Waals surface area contributed by atoms with E-state index in [4.69, 9.17) is 31.5 Å². The average molecular weight is 409 g/mol. The van der Waals surface area contributed by atoms with Crippen molar-refractivity contribution >= 4 is 23.5 Å². The molecular weight excluding hydrogens is 384 g/mol. The van der Waals surface area contributed by atoms with Gasteiger partial charge in [-0.3, -0.25) is 4.79 Å². The van der Waals surface area contributed by atoms with Crippen LogP contribution in [0.2, 0.25) is 5.02 Å². The maximum absolute atomic E-state index is 13.0. The molecular formula is C20H25ClN2O5. The van der Waals surface area contributed by atoms with Gasteiger partial charge in [-0.05, 0) is 25.5 Å². The smallest absolute Gasteiger partial charge is 0.336 e. The number of hydrogen-bond acceptors (Lipinski definition) is 7. The highest BCUT2D eigenvalue weighted by Gasteiger charge is 2.41. The molecule has 0 saturated carbocycles. The largest absolute Gasteiger partial charge is 0.498 e. The number of carbonyl (C=O) groups is 2. The number of halogens is 1. The van der Waals surface area contributed by atoms with Gasteiger partial charge < -0.3 is 25.3 Å². The van der Waals surface area contributed by atoms with E-state index < -0.39 is 23.8 Å². The lowest BCUT2D eigenvalue weighted by Crippen LogP contribution is -2.38. The number of carbonyl (C=O) groups excluding carboxylic acids is 2. The molecule has 0 aromatic heterocycles. The number of rotatable bonds is 7. The number of ether oxygens (including phenoxy) is 3. The quantitative estimate of drug-likeness (QED) is 0.528. The van der Waals surface area contributed by atoms with Gasteiger partial charge in [0.1, 0.15) is 18.8 Å². The van der Waals surface area contributed by atoms with Gasteiger partial charge in [0.05, 0.1) is 25.0 Å². The number of benzene rings is 1. The average Bonchev–Trinajstić information content (AvgIpc) is 2.68. The lowest BCUT2D eigenvalue weighted by molar-refractivity contribution is -0.147. The van der Waals surface area contributed by atoms with Crippen molar-refractivity contribution in [1.29, 1.82) is 0 Å². The van der Waals surface area contributed by atoms with E-state index in [1.165, 1.54) is 13.4 Å². The molecule has 1 aromatic carbocycles. The summed E-state index contributed by atoms with van der Waals surface area (Å²) in [6, 6.07) is 6.97. The minimum atomic E-state index is -0.923. The third-order valence-electron chi connectivity index (χ3n) is 4.35. The molecule has 152 valence electrons. The van der Waals surface area contributed by atoms with Crippen molar-refractivity contribution in [3.8, 4) is 0 Å². The fraction of sp³-hybridized carbons (Fsp3) is 0.400. The first-order valence-electron chi connectivity index (χ1n) is 8.93. The highest BCUT2D eigenvalue weighted by Crippen LogP contribution is 2.41. The molecule has 1 aliphatic heterocycles. The van der Waals surface area contributed by atoms with Crippen LogP contribution in [0.5, 0.6) is 0 Å².